The van der Waals surface area contributed by atoms with Gasteiger partial charge in [-0.05, 0) is 31.2 Å². The van der Waals surface area contributed by atoms with Crippen molar-refractivity contribution >= 4 is 10.0 Å². The Kier molecular flexibility index (Phi) is 4.38. The molecule has 2 atom stereocenters. The Bertz CT molecular complexity index is 344. The van der Waals surface area contributed by atoms with Gasteiger partial charge in [-0.2, -0.15) is 0 Å². The summed E-state index contributed by atoms with van der Waals surface area (Å²) in [6.45, 7) is 2.57. The summed E-state index contributed by atoms with van der Waals surface area (Å²) in [4.78, 5) is 2.34. The Morgan fingerprint density at radius 1 is 1.67 bits per heavy atom. The lowest BCUT2D eigenvalue weighted by Gasteiger charge is -2.10. The first-order chi connectivity index (χ1) is 7.10. The molecule has 0 spiro atoms. The molecule has 0 aromatic carbocycles. The number of ether oxygens (including phenoxy) is 1. The summed E-state index contributed by atoms with van der Waals surface area (Å²) in [5, 5.41) is -0.549. The third-order valence-corrected chi connectivity index (χ3v) is 4.19. The monoisotopic (exact) mass is 233 g/mol. The number of epoxide rings is 1. The van der Waals surface area contributed by atoms with Crippen LogP contribution in [0.25, 0.3) is 10.4 Å². The molecule has 0 aromatic rings. The van der Waals surface area contributed by atoms with Gasteiger partial charge in [-0.25, -0.2) is 8.42 Å². The summed E-state index contributed by atoms with van der Waals surface area (Å²) < 4.78 is 30.7. The summed E-state index contributed by atoms with van der Waals surface area (Å²) >= 11 is 0. The Hall–Kier alpha value is -0.780. The molecular formula is C8H15N3O3S. The van der Waals surface area contributed by atoms with E-state index in [0.29, 0.717) is 18.9 Å². The zero-order valence-electron chi connectivity index (χ0n) is 8.66. The molecule has 0 saturated carbocycles. The Balaban J connectivity index is 2.42. The molecule has 0 aromatic heterocycles. The van der Waals surface area contributed by atoms with Gasteiger partial charge in [0.05, 0.1) is 18.0 Å². The summed E-state index contributed by atoms with van der Waals surface area (Å²) in [6, 6.07) is 0. The van der Waals surface area contributed by atoms with Crippen molar-refractivity contribution in [2.24, 2.45) is 4.52 Å². The maximum atomic E-state index is 11.4. The molecule has 0 N–H and O–H groups in total. The van der Waals surface area contributed by atoms with E-state index in [0.717, 1.165) is 19.4 Å². The molecular weight excluding hydrogens is 218 g/mol. The highest BCUT2D eigenvalue weighted by Crippen LogP contribution is 2.21. The lowest BCUT2D eigenvalue weighted by molar-refractivity contribution is 0.388. The first kappa shape index (κ1) is 12.3. The fourth-order valence-electron chi connectivity index (χ4n) is 1.49. The van der Waals surface area contributed by atoms with E-state index in [1.807, 2.05) is 0 Å². The van der Waals surface area contributed by atoms with Gasteiger partial charge in [0, 0.05) is 9.43 Å². The van der Waals surface area contributed by atoms with E-state index in [2.05, 4.69) is 9.43 Å². The van der Waals surface area contributed by atoms with Gasteiger partial charge >= 0.3 is 0 Å². The van der Waals surface area contributed by atoms with Crippen molar-refractivity contribution in [2.75, 3.05) is 6.61 Å². The topological polar surface area (TPSA) is 95.4 Å². The largest absolute Gasteiger partial charge is 0.373 e. The van der Waals surface area contributed by atoms with E-state index < -0.39 is 15.3 Å². The minimum absolute atomic E-state index is 0.324. The number of nitrogens with zero attached hydrogens (tertiary/aromatic N) is 3. The van der Waals surface area contributed by atoms with E-state index in [4.69, 9.17) is 10.3 Å². The van der Waals surface area contributed by atoms with Crippen molar-refractivity contribution in [1.82, 2.24) is 0 Å². The number of azide groups is 1. The maximum Gasteiger partial charge on any atom is 0.238 e. The average Bonchev–Trinajstić information content (AvgIpc) is 2.95. The third-order valence-electron chi connectivity index (χ3n) is 2.48. The number of sulfonamides is 1. The van der Waals surface area contributed by atoms with Crippen molar-refractivity contribution in [3.8, 4) is 0 Å². The highest BCUT2D eigenvalue weighted by Gasteiger charge is 2.25. The quantitative estimate of drug-likeness (QED) is 0.291. The standard InChI is InChI=1S/C8H15N3O3S/c1-2-8(15(12,13)11-10-9)5-3-4-7-6-14-7/h7-8H,2-6H2,1H3. The zero-order chi connectivity index (χ0) is 11.3. The second-order valence-electron chi connectivity index (χ2n) is 3.60. The van der Waals surface area contributed by atoms with Gasteiger partial charge in [-0.3, -0.25) is 0 Å². The first-order valence-corrected chi connectivity index (χ1v) is 6.52. The molecule has 1 saturated heterocycles. The number of hydrogen-bond donors (Lipinski definition) is 0. The minimum Gasteiger partial charge on any atom is -0.373 e. The second kappa shape index (κ2) is 5.34. The SMILES string of the molecule is CCC(CCCC1CO1)S(=O)(=O)N=[N+]=[N-]. The molecule has 86 valence electrons. The zero-order valence-corrected chi connectivity index (χ0v) is 9.48. The van der Waals surface area contributed by atoms with Crippen LogP contribution in [0.1, 0.15) is 32.6 Å². The third kappa shape index (κ3) is 4.07. The highest BCUT2D eigenvalue weighted by molar-refractivity contribution is 7.90. The molecule has 1 aliphatic rings. The van der Waals surface area contributed by atoms with Gasteiger partial charge in [0.1, 0.15) is 0 Å². The van der Waals surface area contributed by atoms with Gasteiger partial charge in [0.2, 0.25) is 10.0 Å². The molecule has 1 heterocycles. The van der Waals surface area contributed by atoms with E-state index in [-0.39, 0.29) is 0 Å². The van der Waals surface area contributed by atoms with Crippen LogP contribution >= 0.6 is 0 Å². The Morgan fingerprint density at radius 2 is 2.33 bits per heavy atom. The number of rotatable bonds is 7. The van der Waals surface area contributed by atoms with Crippen LogP contribution in [0, 0.1) is 0 Å². The van der Waals surface area contributed by atoms with Crippen LogP contribution in [-0.2, 0) is 14.8 Å². The van der Waals surface area contributed by atoms with Crippen LogP contribution in [0.15, 0.2) is 4.52 Å². The minimum atomic E-state index is -3.63. The molecule has 1 aliphatic heterocycles. The molecule has 0 amide bonds. The van der Waals surface area contributed by atoms with Crippen LogP contribution in [-0.4, -0.2) is 26.4 Å². The van der Waals surface area contributed by atoms with Crippen molar-refractivity contribution < 1.29 is 13.2 Å². The van der Waals surface area contributed by atoms with Crippen LogP contribution in [0.3, 0.4) is 0 Å². The van der Waals surface area contributed by atoms with Crippen LogP contribution < -0.4 is 0 Å². The van der Waals surface area contributed by atoms with Gasteiger partial charge in [0.15, 0.2) is 0 Å². The van der Waals surface area contributed by atoms with E-state index in [9.17, 15) is 8.42 Å². The predicted molar refractivity (Wildman–Crippen MR) is 55.7 cm³/mol. The average molecular weight is 233 g/mol. The molecule has 6 nitrogen and oxygen atoms in total. The van der Waals surface area contributed by atoms with Gasteiger partial charge in [0.25, 0.3) is 0 Å². The normalized spacial score (nSPS) is 21.8. The fourth-order valence-corrected chi connectivity index (χ4v) is 2.61. The summed E-state index contributed by atoms with van der Waals surface area (Å²) in [5.74, 6) is 0. The summed E-state index contributed by atoms with van der Waals surface area (Å²) in [7, 11) is -3.63. The molecule has 7 heteroatoms. The molecule has 1 rings (SSSR count). The summed E-state index contributed by atoms with van der Waals surface area (Å²) in [6.07, 6.45) is 3.03. The maximum absolute atomic E-state index is 11.4. The Labute approximate surface area is 89.3 Å². The van der Waals surface area contributed by atoms with Crippen LogP contribution in [0.4, 0.5) is 0 Å². The molecule has 15 heavy (non-hydrogen) atoms. The van der Waals surface area contributed by atoms with Crippen molar-refractivity contribution in [2.45, 2.75) is 44.0 Å². The predicted octanol–water partition coefficient (Wildman–Crippen LogP) is 1.97. The van der Waals surface area contributed by atoms with Gasteiger partial charge in [-0.15, -0.1) is 0 Å². The van der Waals surface area contributed by atoms with E-state index in [1.165, 1.54) is 0 Å². The molecule has 1 fully saturated rings. The molecule has 0 aliphatic carbocycles. The summed E-state index contributed by atoms with van der Waals surface area (Å²) in [5.41, 5.74) is 8.13. The van der Waals surface area contributed by atoms with Gasteiger partial charge < -0.3 is 4.74 Å². The Morgan fingerprint density at radius 3 is 2.80 bits per heavy atom. The fraction of sp³-hybridized carbons (Fsp3) is 1.00. The molecule has 0 radical (unpaired) electrons. The van der Waals surface area contributed by atoms with Crippen LogP contribution in [0.5, 0.6) is 0 Å². The highest BCUT2D eigenvalue weighted by atomic mass is 32.2. The van der Waals surface area contributed by atoms with Gasteiger partial charge in [-0.1, -0.05) is 6.92 Å². The second-order valence-corrected chi connectivity index (χ2v) is 5.46. The smallest absolute Gasteiger partial charge is 0.238 e. The lowest BCUT2D eigenvalue weighted by Crippen LogP contribution is -2.17. The van der Waals surface area contributed by atoms with Crippen LogP contribution in [0.2, 0.25) is 0 Å². The van der Waals surface area contributed by atoms with Crippen molar-refractivity contribution in [1.29, 1.82) is 0 Å². The van der Waals surface area contributed by atoms with E-state index in [1.54, 1.807) is 6.92 Å². The van der Waals surface area contributed by atoms with E-state index >= 15 is 0 Å². The number of hydrogen-bond acceptors (Lipinski definition) is 3. The van der Waals surface area contributed by atoms with Crippen molar-refractivity contribution in [3.05, 3.63) is 10.4 Å². The molecule has 2 unspecified atom stereocenters. The molecule has 0 bridgehead atoms. The van der Waals surface area contributed by atoms with Crippen molar-refractivity contribution in [3.63, 3.8) is 0 Å². The first-order valence-electron chi connectivity index (χ1n) is 5.02. The lowest BCUT2D eigenvalue weighted by atomic mass is 10.1.